The SMILES string of the molecule is CCOC1(C(=O)O)C[C@H](O)[C@@H](NC(C)=O)[C@H](C(O)C(O)CO)O1. The molecule has 0 aromatic rings. The number of aliphatic hydroxyl groups excluding tert-OH is 4. The zero-order chi connectivity index (χ0) is 17.8. The molecule has 10 heteroatoms. The molecule has 0 aromatic carbocycles. The molecule has 1 aliphatic heterocycles. The molecule has 0 saturated carbocycles. The molecule has 1 saturated heterocycles. The maximum Gasteiger partial charge on any atom is 0.364 e. The molecule has 6 atom stereocenters. The van der Waals surface area contributed by atoms with Crippen LogP contribution in [0.1, 0.15) is 20.3 Å². The van der Waals surface area contributed by atoms with Gasteiger partial charge in [0, 0.05) is 20.0 Å². The van der Waals surface area contributed by atoms with Crippen LogP contribution in [-0.2, 0) is 19.1 Å². The van der Waals surface area contributed by atoms with E-state index in [1.165, 1.54) is 13.8 Å². The Kier molecular flexibility index (Phi) is 6.86. The van der Waals surface area contributed by atoms with Crippen molar-refractivity contribution in [3.05, 3.63) is 0 Å². The molecule has 1 heterocycles. The van der Waals surface area contributed by atoms with Gasteiger partial charge in [-0.15, -0.1) is 0 Å². The van der Waals surface area contributed by atoms with Gasteiger partial charge in [0.15, 0.2) is 0 Å². The summed E-state index contributed by atoms with van der Waals surface area (Å²) in [6.07, 6.45) is -6.83. The van der Waals surface area contributed by atoms with Gasteiger partial charge in [-0.3, -0.25) is 4.79 Å². The van der Waals surface area contributed by atoms with Gasteiger partial charge in [0.1, 0.15) is 18.3 Å². The fourth-order valence-corrected chi connectivity index (χ4v) is 2.51. The van der Waals surface area contributed by atoms with Gasteiger partial charge < -0.3 is 40.3 Å². The molecule has 0 spiro atoms. The van der Waals surface area contributed by atoms with Crippen molar-refractivity contribution < 1.29 is 44.6 Å². The van der Waals surface area contributed by atoms with E-state index in [-0.39, 0.29) is 6.61 Å². The van der Waals surface area contributed by atoms with Gasteiger partial charge >= 0.3 is 5.97 Å². The summed E-state index contributed by atoms with van der Waals surface area (Å²) in [5, 5.41) is 50.5. The molecule has 0 aliphatic carbocycles. The van der Waals surface area contributed by atoms with E-state index in [2.05, 4.69) is 5.32 Å². The van der Waals surface area contributed by atoms with E-state index < -0.39 is 61.1 Å². The third kappa shape index (κ3) is 4.37. The number of rotatable bonds is 7. The number of carbonyl (C=O) groups excluding carboxylic acids is 1. The second-order valence-corrected chi connectivity index (χ2v) is 5.31. The van der Waals surface area contributed by atoms with Crippen LogP contribution in [0.25, 0.3) is 0 Å². The molecule has 10 nitrogen and oxygen atoms in total. The van der Waals surface area contributed by atoms with Crippen molar-refractivity contribution in [1.29, 1.82) is 0 Å². The predicted molar refractivity (Wildman–Crippen MR) is 74.2 cm³/mol. The predicted octanol–water partition coefficient (Wildman–Crippen LogP) is -2.83. The van der Waals surface area contributed by atoms with Crippen LogP contribution in [0.3, 0.4) is 0 Å². The molecule has 1 aliphatic rings. The summed E-state index contributed by atoms with van der Waals surface area (Å²) in [4.78, 5) is 22.8. The second kappa shape index (κ2) is 7.99. The number of hydrogen-bond acceptors (Lipinski definition) is 8. The number of ether oxygens (including phenoxy) is 2. The Morgan fingerprint density at radius 1 is 1.43 bits per heavy atom. The third-order valence-corrected chi connectivity index (χ3v) is 3.56. The highest BCUT2D eigenvalue weighted by Gasteiger charge is 2.55. The summed E-state index contributed by atoms with van der Waals surface area (Å²) < 4.78 is 10.4. The third-order valence-electron chi connectivity index (χ3n) is 3.56. The van der Waals surface area contributed by atoms with Crippen LogP contribution in [-0.4, -0.2) is 86.9 Å². The lowest BCUT2D eigenvalue weighted by atomic mass is 9.88. The molecule has 1 amide bonds. The van der Waals surface area contributed by atoms with Crippen molar-refractivity contribution in [1.82, 2.24) is 5.32 Å². The summed E-state index contributed by atoms with van der Waals surface area (Å²) in [5.41, 5.74) is 0. The Morgan fingerprint density at radius 2 is 2.04 bits per heavy atom. The van der Waals surface area contributed by atoms with Crippen molar-refractivity contribution in [3.63, 3.8) is 0 Å². The van der Waals surface area contributed by atoms with Gasteiger partial charge in [-0.05, 0) is 6.92 Å². The van der Waals surface area contributed by atoms with Gasteiger partial charge in [-0.1, -0.05) is 0 Å². The first kappa shape index (κ1) is 19.7. The highest BCUT2D eigenvalue weighted by atomic mass is 16.7. The monoisotopic (exact) mass is 337 g/mol. The summed E-state index contributed by atoms with van der Waals surface area (Å²) in [5.74, 6) is -4.30. The Hall–Kier alpha value is -1.30. The number of aliphatic carboxylic acids is 1. The van der Waals surface area contributed by atoms with Gasteiger partial charge in [0.25, 0.3) is 5.79 Å². The lowest BCUT2D eigenvalue weighted by Gasteiger charge is -2.46. The minimum absolute atomic E-state index is 0.0464. The Labute approximate surface area is 132 Å². The topological polar surface area (TPSA) is 166 Å². The first-order valence-electron chi connectivity index (χ1n) is 7.15. The minimum Gasteiger partial charge on any atom is -0.477 e. The Morgan fingerprint density at radius 3 is 2.48 bits per heavy atom. The number of nitrogens with one attached hydrogen (secondary N) is 1. The van der Waals surface area contributed by atoms with Crippen molar-refractivity contribution in [2.75, 3.05) is 13.2 Å². The minimum atomic E-state index is -2.23. The van der Waals surface area contributed by atoms with Crippen molar-refractivity contribution in [2.24, 2.45) is 0 Å². The van der Waals surface area contributed by atoms with E-state index in [0.717, 1.165) is 0 Å². The second-order valence-electron chi connectivity index (χ2n) is 5.31. The van der Waals surface area contributed by atoms with Crippen molar-refractivity contribution >= 4 is 11.9 Å². The highest BCUT2D eigenvalue weighted by molar-refractivity contribution is 5.76. The molecular weight excluding hydrogens is 314 g/mol. The Balaban J connectivity index is 3.17. The Bertz CT molecular complexity index is 432. The van der Waals surface area contributed by atoms with Crippen molar-refractivity contribution in [2.45, 2.75) is 56.5 Å². The molecule has 0 aromatic heterocycles. The van der Waals surface area contributed by atoms with Gasteiger partial charge in [-0.2, -0.15) is 0 Å². The average Bonchev–Trinajstić information content (AvgIpc) is 2.47. The first-order valence-corrected chi connectivity index (χ1v) is 7.15. The largest absolute Gasteiger partial charge is 0.477 e. The van der Waals surface area contributed by atoms with E-state index in [0.29, 0.717) is 0 Å². The molecule has 0 radical (unpaired) electrons. The smallest absolute Gasteiger partial charge is 0.364 e. The molecule has 1 fully saturated rings. The normalized spacial score (nSPS) is 33.7. The fraction of sp³-hybridized carbons (Fsp3) is 0.846. The van der Waals surface area contributed by atoms with Crippen LogP contribution in [0, 0.1) is 0 Å². The van der Waals surface area contributed by atoms with E-state index in [1.54, 1.807) is 0 Å². The molecule has 3 unspecified atom stereocenters. The molecule has 134 valence electrons. The van der Waals surface area contributed by atoms with Gasteiger partial charge in [0.2, 0.25) is 5.91 Å². The van der Waals surface area contributed by atoms with Crippen LogP contribution in [0.5, 0.6) is 0 Å². The molecule has 1 rings (SSSR count). The lowest BCUT2D eigenvalue weighted by Crippen LogP contribution is -2.67. The van der Waals surface area contributed by atoms with E-state index in [1.807, 2.05) is 0 Å². The zero-order valence-corrected chi connectivity index (χ0v) is 12.9. The van der Waals surface area contributed by atoms with Crippen LogP contribution in [0.4, 0.5) is 0 Å². The van der Waals surface area contributed by atoms with Crippen LogP contribution < -0.4 is 5.32 Å². The number of carboxylic acid groups (broad SMARTS) is 1. The number of hydrogen-bond donors (Lipinski definition) is 6. The first-order chi connectivity index (χ1) is 10.7. The average molecular weight is 337 g/mol. The van der Waals surface area contributed by atoms with E-state index >= 15 is 0 Å². The van der Waals surface area contributed by atoms with Crippen molar-refractivity contribution in [3.8, 4) is 0 Å². The highest BCUT2D eigenvalue weighted by Crippen LogP contribution is 2.33. The quantitative estimate of drug-likeness (QED) is 0.287. The lowest BCUT2D eigenvalue weighted by molar-refractivity contribution is -0.310. The van der Waals surface area contributed by atoms with Crippen LogP contribution in [0.2, 0.25) is 0 Å². The summed E-state index contributed by atoms with van der Waals surface area (Å²) in [6, 6.07) is -1.18. The fourth-order valence-electron chi connectivity index (χ4n) is 2.51. The number of aliphatic hydroxyl groups is 4. The molecular formula is C13H23NO9. The van der Waals surface area contributed by atoms with Crippen LogP contribution in [0.15, 0.2) is 0 Å². The standard InChI is InChI=1S/C13H23NO9/c1-3-22-13(12(20)21)4-7(17)9(14-6(2)16)11(23-13)10(19)8(18)5-15/h7-11,15,17-19H,3-5H2,1-2H3,(H,14,16)(H,20,21)/t7-,8?,9+,10?,11+,13?/m0/s1. The number of carboxylic acids is 1. The summed E-state index contributed by atoms with van der Waals surface area (Å²) in [7, 11) is 0. The molecule has 23 heavy (non-hydrogen) atoms. The zero-order valence-electron chi connectivity index (χ0n) is 12.9. The molecule has 0 bridgehead atoms. The summed E-state index contributed by atoms with van der Waals surface area (Å²) in [6.45, 7) is 1.82. The van der Waals surface area contributed by atoms with E-state index in [9.17, 15) is 30.0 Å². The van der Waals surface area contributed by atoms with Gasteiger partial charge in [-0.25, -0.2) is 4.79 Å². The number of amides is 1. The van der Waals surface area contributed by atoms with Crippen LogP contribution >= 0.6 is 0 Å². The molecule has 6 N–H and O–H groups in total. The van der Waals surface area contributed by atoms with E-state index in [4.69, 9.17) is 14.6 Å². The number of carbonyl (C=O) groups is 2. The maximum atomic E-state index is 11.5. The van der Waals surface area contributed by atoms with Gasteiger partial charge in [0.05, 0.1) is 18.8 Å². The maximum absolute atomic E-state index is 11.5. The summed E-state index contributed by atoms with van der Waals surface area (Å²) >= 11 is 0.